The van der Waals surface area contributed by atoms with E-state index in [4.69, 9.17) is 16.3 Å². The minimum atomic E-state index is -4.74. The molecule has 1 atom stereocenters. The van der Waals surface area contributed by atoms with Crippen LogP contribution in [0.5, 0.6) is 0 Å². The molecule has 1 aromatic carbocycles. The number of hydrogen-bond acceptors (Lipinski definition) is 4. The van der Waals surface area contributed by atoms with Gasteiger partial charge in [-0.3, -0.25) is 9.69 Å². The smallest absolute Gasteiger partial charge is 0.383 e. The van der Waals surface area contributed by atoms with Crippen LogP contribution in [0.1, 0.15) is 23.0 Å². The fraction of sp³-hybridized carbons (Fsp3) is 0.474. The third kappa shape index (κ3) is 4.73. The predicted molar refractivity (Wildman–Crippen MR) is 102 cm³/mol. The van der Waals surface area contributed by atoms with Crippen molar-refractivity contribution in [3.63, 3.8) is 0 Å². The van der Waals surface area contributed by atoms with Crippen LogP contribution in [0.3, 0.4) is 0 Å². The number of aromatic nitrogens is 2. The SMILES string of the molecule is COCC(C)N1CCN(C(=O)c2cnn(-c3ccc(Cl)cc3)c2C(F)(F)F)CC1. The average Bonchev–Trinajstić information content (AvgIpc) is 3.14. The summed E-state index contributed by atoms with van der Waals surface area (Å²) in [5.74, 6) is -0.670. The highest BCUT2D eigenvalue weighted by atomic mass is 35.5. The number of alkyl halides is 3. The fourth-order valence-corrected chi connectivity index (χ4v) is 3.56. The zero-order valence-corrected chi connectivity index (χ0v) is 16.9. The second-order valence-electron chi connectivity index (χ2n) is 6.93. The average molecular weight is 431 g/mol. The largest absolute Gasteiger partial charge is 0.434 e. The number of rotatable bonds is 5. The van der Waals surface area contributed by atoms with Crippen LogP contribution in [0.4, 0.5) is 13.2 Å². The molecule has 1 aromatic heterocycles. The third-order valence-corrected chi connectivity index (χ3v) is 5.22. The molecular weight excluding hydrogens is 409 g/mol. The van der Waals surface area contributed by atoms with Crippen LogP contribution < -0.4 is 0 Å². The molecule has 1 amide bonds. The standard InChI is InChI=1S/C19H22ClF3N4O2/c1-13(12-29-2)25-7-9-26(10-8-25)18(28)16-11-24-27(17(16)19(21,22)23)15-5-3-14(20)4-6-15/h3-6,11,13H,7-10,12H2,1-2H3. The molecule has 0 saturated carbocycles. The van der Waals surface area contributed by atoms with Crippen molar-refractivity contribution >= 4 is 17.5 Å². The molecule has 10 heteroatoms. The minimum absolute atomic E-state index is 0.177. The lowest BCUT2D eigenvalue weighted by molar-refractivity contribution is -0.143. The van der Waals surface area contributed by atoms with Crippen molar-refractivity contribution in [3.8, 4) is 5.69 Å². The van der Waals surface area contributed by atoms with Crippen LogP contribution >= 0.6 is 11.6 Å². The molecule has 1 fully saturated rings. The van der Waals surface area contributed by atoms with Gasteiger partial charge in [-0.25, -0.2) is 4.68 Å². The highest BCUT2D eigenvalue weighted by Gasteiger charge is 2.41. The van der Waals surface area contributed by atoms with Gasteiger partial charge in [-0.1, -0.05) is 11.6 Å². The van der Waals surface area contributed by atoms with Gasteiger partial charge in [0.1, 0.15) is 0 Å². The van der Waals surface area contributed by atoms with Crippen molar-refractivity contribution in [2.24, 2.45) is 0 Å². The summed E-state index contributed by atoms with van der Waals surface area (Å²) in [6, 6.07) is 5.97. The molecule has 0 N–H and O–H groups in total. The van der Waals surface area contributed by atoms with Gasteiger partial charge < -0.3 is 9.64 Å². The molecule has 0 spiro atoms. The molecule has 29 heavy (non-hydrogen) atoms. The molecule has 6 nitrogen and oxygen atoms in total. The summed E-state index contributed by atoms with van der Waals surface area (Å²) in [5.41, 5.74) is -1.36. The van der Waals surface area contributed by atoms with Gasteiger partial charge in [-0.15, -0.1) is 0 Å². The zero-order chi connectivity index (χ0) is 21.2. The maximum absolute atomic E-state index is 13.8. The fourth-order valence-electron chi connectivity index (χ4n) is 3.44. The number of piperazine rings is 1. The number of benzene rings is 1. The number of ether oxygens (including phenoxy) is 1. The predicted octanol–water partition coefficient (Wildman–Crippen LogP) is 3.34. The second-order valence-corrected chi connectivity index (χ2v) is 7.36. The van der Waals surface area contributed by atoms with Gasteiger partial charge >= 0.3 is 6.18 Å². The molecule has 0 aliphatic carbocycles. The van der Waals surface area contributed by atoms with Gasteiger partial charge in [-0.05, 0) is 31.2 Å². The molecule has 1 aliphatic rings. The normalized spacial score (nSPS) is 16.8. The lowest BCUT2D eigenvalue weighted by atomic mass is 10.1. The Kier molecular flexibility index (Phi) is 6.50. The number of nitrogens with zero attached hydrogens (tertiary/aromatic N) is 4. The number of carbonyl (C=O) groups is 1. The number of carbonyl (C=O) groups excluding carboxylic acids is 1. The highest BCUT2D eigenvalue weighted by Crippen LogP contribution is 2.34. The Morgan fingerprint density at radius 3 is 2.38 bits per heavy atom. The minimum Gasteiger partial charge on any atom is -0.383 e. The molecule has 2 aromatic rings. The van der Waals surface area contributed by atoms with Crippen molar-refractivity contribution < 1.29 is 22.7 Å². The van der Waals surface area contributed by atoms with E-state index in [1.54, 1.807) is 7.11 Å². The van der Waals surface area contributed by atoms with Crippen molar-refractivity contribution in [2.45, 2.75) is 19.1 Å². The third-order valence-electron chi connectivity index (χ3n) is 4.97. The van der Waals surface area contributed by atoms with E-state index in [1.807, 2.05) is 6.92 Å². The summed E-state index contributed by atoms with van der Waals surface area (Å²) >= 11 is 5.82. The van der Waals surface area contributed by atoms with Gasteiger partial charge in [0.15, 0.2) is 5.69 Å². The Balaban J connectivity index is 1.84. The van der Waals surface area contributed by atoms with E-state index in [-0.39, 0.29) is 11.7 Å². The van der Waals surface area contributed by atoms with Gasteiger partial charge in [-0.2, -0.15) is 18.3 Å². The number of halogens is 4. The van der Waals surface area contributed by atoms with Crippen molar-refractivity contribution in [1.82, 2.24) is 19.6 Å². The first-order valence-electron chi connectivity index (χ1n) is 9.15. The molecule has 1 unspecified atom stereocenters. The Labute approximate surface area is 171 Å². The van der Waals surface area contributed by atoms with E-state index in [2.05, 4.69) is 10.00 Å². The Morgan fingerprint density at radius 1 is 1.21 bits per heavy atom. The van der Waals surface area contributed by atoms with Crippen LogP contribution in [0.2, 0.25) is 5.02 Å². The van der Waals surface area contributed by atoms with Crippen LogP contribution in [-0.2, 0) is 10.9 Å². The zero-order valence-electron chi connectivity index (χ0n) is 16.1. The van der Waals surface area contributed by atoms with Crippen molar-refractivity contribution in [3.05, 3.63) is 46.7 Å². The summed E-state index contributed by atoms with van der Waals surface area (Å²) < 4.78 is 47.3. The second kappa shape index (κ2) is 8.73. The Bertz CT molecular complexity index is 846. The summed E-state index contributed by atoms with van der Waals surface area (Å²) in [6.07, 6.45) is -3.75. The van der Waals surface area contributed by atoms with Crippen LogP contribution in [-0.4, -0.2) is 71.4 Å². The van der Waals surface area contributed by atoms with Crippen molar-refractivity contribution in [2.75, 3.05) is 39.9 Å². The van der Waals surface area contributed by atoms with Crippen LogP contribution in [0.25, 0.3) is 5.69 Å². The van der Waals surface area contributed by atoms with E-state index in [0.717, 1.165) is 10.9 Å². The summed E-state index contributed by atoms with van der Waals surface area (Å²) in [6.45, 7) is 4.40. The molecule has 1 aliphatic heterocycles. The van der Waals surface area contributed by atoms with Gasteiger partial charge in [0.05, 0.1) is 24.1 Å². The molecular formula is C19H22ClF3N4O2. The number of methoxy groups -OCH3 is 1. The summed E-state index contributed by atoms with van der Waals surface area (Å²) in [7, 11) is 1.62. The lowest BCUT2D eigenvalue weighted by Crippen LogP contribution is -2.52. The first kappa shape index (κ1) is 21.6. The lowest BCUT2D eigenvalue weighted by Gasteiger charge is -2.37. The molecule has 0 bridgehead atoms. The Morgan fingerprint density at radius 2 is 1.83 bits per heavy atom. The van der Waals surface area contributed by atoms with E-state index in [9.17, 15) is 18.0 Å². The molecule has 1 saturated heterocycles. The van der Waals surface area contributed by atoms with E-state index in [0.29, 0.717) is 37.8 Å². The first-order chi connectivity index (χ1) is 13.7. The molecule has 0 radical (unpaired) electrons. The van der Waals surface area contributed by atoms with Crippen LogP contribution in [0, 0.1) is 0 Å². The maximum atomic E-state index is 13.8. The summed E-state index contributed by atoms with van der Waals surface area (Å²) in [5, 5.41) is 4.24. The summed E-state index contributed by atoms with van der Waals surface area (Å²) in [4.78, 5) is 16.5. The van der Waals surface area contributed by atoms with Gasteiger partial charge in [0, 0.05) is 44.4 Å². The maximum Gasteiger partial charge on any atom is 0.434 e. The van der Waals surface area contributed by atoms with Gasteiger partial charge in [0.25, 0.3) is 5.91 Å². The topological polar surface area (TPSA) is 50.6 Å². The highest BCUT2D eigenvalue weighted by molar-refractivity contribution is 6.30. The Hall–Kier alpha value is -2.10. The van der Waals surface area contributed by atoms with Gasteiger partial charge in [0.2, 0.25) is 0 Å². The quantitative estimate of drug-likeness (QED) is 0.730. The molecule has 3 rings (SSSR count). The van der Waals surface area contributed by atoms with E-state index in [1.165, 1.54) is 29.2 Å². The van der Waals surface area contributed by atoms with Crippen molar-refractivity contribution in [1.29, 1.82) is 0 Å². The first-order valence-corrected chi connectivity index (χ1v) is 9.53. The number of hydrogen-bond donors (Lipinski definition) is 0. The van der Waals surface area contributed by atoms with E-state index < -0.39 is 23.3 Å². The molecule has 158 valence electrons. The number of amides is 1. The van der Waals surface area contributed by atoms with E-state index >= 15 is 0 Å². The van der Waals surface area contributed by atoms with Crippen LogP contribution in [0.15, 0.2) is 30.5 Å². The monoisotopic (exact) mass is 430 g/mol. The molecule has 2 heterocycles.